The number of rotatable bonds is 2. The van der Waals surface area contributed by atoms with E-state index in [2.05, 4.69) is 0 Å². The number of primary amides is 1. The maximum absolute atomic E-state index is 15.0. The minimum atomic E-state index is -1.78. The third-order valence-electron chi connectivity index (χ3n) is 4.89. The van der Waals surface area contributed by atoms with Gasteiger partial charge in [-0.3, -0.25) is 14.5 Å². The molecule has 0 aromatic heterocycles. The number of hydrogen-bond acceptors (Lipinski definition) is 2. The number of halogens is 3. The van der Waals surface area contributed by atoms with Crippen molar-refractivity contribution in [2.24, 2.45) is 11.1 Å². The fourth-order valence-electron chi connectivity index (χ4n) is 3.82. The predicted molar refractivity (Wildman–Crippen MR) is 77.2 cm³/mol. The second kappa shape index (κ2) is 5.54. The number of nitrogens with zero attached hydrogens (tertiary/aromatic N) is 1. The van der Waals surface area contributed by atoms with Gasteiger partial charge in [-0.25, -0.2) is 13.2 Å². The maximum Gasteiger partial charge on any atom is 0.243 e. The summed E-state index contributed by atoms with van der Waals surface area (Å²) in [5.74, 6) is -3.44. The van der Waals surface area contributed by atoms with Crippen molar-refractivity contribution < 1.29 is 22.8 Å². The van der Waals surface area contributed by atoms with E-state index in [1.165, 1.54) is 0 Å². The molecule has 1 heterocycles. The Bertz CT molecular complexity index is 638. The first-order chi connectivity index (χ1) is 10.9. The van der Waals surface area contributed by atoms with Crippen LogP contribution in [0.15, 0.2) is 18.2 Å². The Hall–Kier alpha value is -2.05. The Morgan fingerprint density at radius 1 is 1.13 bits per heavy atom. The summed E-state index contributed by atoms with van der Waals surface area (Å²) in [7, 11) is 0. The second-order valence-corrected chi connectivity index (χ2v) is 6.27. The van der Waals surface area contributed by atoms with Gasteiger partial charge in [0.1, 0.15) is 23.8 Å². The van der Waals surface area contributed by atoms with Gasteiger partial charge in [-0.2, -0.15) is 0 Å². The van der Waals surface area contributed by atoms with Gasteiger partial charge in [0.05, 0.1) is 11.1 Å². The Kier molecular flexibility index (Phi) is 3.82. The first kappa shape index (κ1) is 15.8. The zero-order valence-electron chi connectivity index (χ0n) is 12.4. The molecule has 1 aromatic carbocycles. The molecule has 124 valence electrons. The molecule has 2 amide bonds. The van der Waals surface area contributed by atoms with Crippen molar-refractivity contribution in [1.82, 2.24) is 0 Å². The van der Waals surface area contributed by atoms with Crippen LogP contribution in [-0.4, -0.2) is 24.0 Å². The Morgan fingerprint density at radius 2 is 1.70 bits per heavy atom. The summed E-state index contributed by atoms with van der Waals surface area (Å²) in [6.45, 7) is 0. The van der Waals surface area contributed by atoms with Crippen LogP contribution in [-0.2, 0) is 9.59 Å². The molecule has 1 saturated heterocycles. The van der Waals surface area contributed by atoms with Crippen molar-refractivity contribution >= 4 is 17.5 Å². The lowest BCUT2D eigenvalue weighted by molar-refractivity contribution is -0.129. The summed E-state index contributed by atoms with van der Waals surface area (Å²) >= 11 is 0. The predicted octanol–water partition coefficient (Wildman–Crippen LogP) is 2.45. The van der Waals surface area contributed by atoms with Crippen LogP contribution < -0.4 is 10.6 Å². The van der Waals surface area contributed by atoms with Crippen molar-refractivity contribution in [2.75, 3.05) is 4.90 Å². The van der Waals surface area contributed by atoms with Crippen LogP contribution in [0.4, 0.5) is 18.9 Å². The first-order valence-electron chi connectivity index (χ1n) is 7.60. The zero-order valence-corrected chi connectivity index (χ0v) is 12.4. The van der Waals surface area contributed by atoms with Crippen LogP contribution in [0.25, 0.3) is 0 Å². The minimum absolute atomic E-state index is 0.179. The highest BCUT2D eigenvalue weighted by atomic mass is 19.1. The number of carbonyl (C=O) groups is 2. The average Bonchev–Trinajstić information content (AvgIpc) is 2.69. The summed E-state index contributed by atoms with van der Waals surface area (Å²) in [5, 5.41) is 0. The summed E-state index contributed by atoms with van der Waals surface area (Å²) in [5.41, 5.74) is 3.79. The number of anilines is 1. The molecule has 2 fully saturated rings. The van der Waals surface area contributed by atoms with Gasteiger partial charge in [-0.15, -0.1) is 0 Å². The number of carbonyl (C=O) groups excluding carboxylic acids is 2. The summed E-state index contributed by atoms with van der Waals surface area (Å²) in [6.07, 6.45) is 1.07. The molecule has 3 rings (SSSR count). The van der Waals surface area contributed by atoms with E-state index in [1.54, 1.807) is 0 Å². The largest absolute Gasteiger partial charge is 0.368 e. The smallest absolute Gasteiger partial charge is 0.243 e. The molecule has 2 atom stereocenters. The summed E-state index contributed by atoms with van der Waals surface area (Å²) in [6, 6.07) is 0.922. The van der Waals surface area contributed by atoms with Gasteiger partial charge in [0.25, 0.3) is 0 Å². The van der Waals surface area contributed by atoms with Crippen LogP contribution >= 0.6 is 0 Å². The molecule has 1 aliphatic heterocycles. The number of nitrogens with two attached hydrogens (primary N) is 1. The molecule has 1 aromatic rings. The van der Waals surface area contributed by atoms with E-state index in [-0.39, 0.29) is 5.69 Å². The topological polar surface area (TPSA) is 63.4 Å². The van der Waals surface area contributed by atoms with E-state index in [9.17, 15) is 18.4 Å². The summed E-state index contributed by atoms with van der Waals surface area (Å²) in [4.78, 5) is 25.4. The van der Waals surface area contributed by atoms with E-state index < -0.39 is 41.1 Å². The Labute approximate surface area is 131 Å². The third-order valence-corrected chi connectivity index (χ3v) is 4.89. The highest BCUT2D eigenvalue weighted by Crippen LogP contribution is 2.50. The van der Waals surface area contributed by atoms with Gasteiger partial charge < -0.3 is 5.73 Å². The first-order valence-corrected chi connectivity index (χ1v) is 7.60. The van der Waals surface area contributed by atoms with Crippen LogP contribution in [0.2, 0.25) is 0 Å². The second-order valence-electron chi connectivity index (χ2n) is 6.27. The molecule has 0 radical (unpaired) electrons. The third kappa shape index (κ3) is 2.38. The van der Waals surface area contributed by atoms with Gasteiger partial charge in [0, 0.05) is 6.07 Å². The number of hydrogen-bond donors (Lipinski definition) is 1. The molecule has 2 aliphatic rings. The molecule has 1 spiro atoms. The van der Waals surface area contributed by atoms with Gasteiger partial charge in [-0.1, -0.05) is 19.3 Å². The standard InChI is InChI=1S/C16H17F3N2O2/c17-9-6-10(18)8-11(7-9)21-12(14(20)22)13(19)16(15(21)23)4-2-1-3-5-16/h6-8,12-13H,1-5H2,(H2,20,22). The summed E-state index contributed by atoms with van der Waals surface area (Å²) < 4.78 is 42.0. The molecule has 2 unspecified atom stereocenters. The molecule has 0 bridgehead atoms. The number of benzene rings is 1. The average molecular weight is 326 g/mol. The van der Waals surface area contributed by atoms with Gasteiger partial charge in [0.2, 0.25) is 11.8 Å². The highest BCUT2D eigenvalue weighted by Gasteiger charge is 2.62. The zero-order chi connectivity index (χ0) is 16.8. The minimum Gasteiger partial charge on any atom is -0.368 e. The molecular formula is C16H17F3N2O2. The molecule has 2 N–H and O–H groups in total. The number of amides is 2. The quantitative estimate of drug-likeness (QED) is 0.907. The van der Waals surface area contributed by atoms with E-state index >= 15 is 4.39 Å². The number of alkyl halides is 1. The Balaban J connectivity index is 2.10. The molecule has 1 aliphatic carbocycles. The fraction of sp³-hybridized carbons (Fsp3) is 0.500. The van der Waals surface area contributed by atoms with Gasteiger partial charge in [0.15, 0.2) is 0 Å². The van der Waals surface area contributed by atoms with Gasteiger partial charge >= 0.3 is 0 Å². The van der Waals surface area contributed by atoms with Crippen LogP contribution in [0.1, 0.15) is 32.1 Å². The van der Waals surface area contributed by atoms with Crippen molar-refractivity contribution in [3.63, 3.8) is 0 Å². The van der Waals surface area contributed by atoms with E-state index in [1.807, 2.05) is 0 Å². The van der Waals surface area contributed by atoms with Crippen molar-refractivity contribution in [3.05, 3.63) is 29.8 Å². The van der Waals surface area contributed by atoms with Crippen LogP contribution in [0.5, 0.6) is 0 Å². The lowest BCUT2D eigenvalue weighted by Crippen LogP contribution is -2.46. The van der Waals surface area contributed by atoms with Gasteiger partial charge in [-0.05, 0) is 25.0 Å². The molecule has 23 heavy (non-hydrogen) atoms. The lowest BCUT2D eigenvalue weighted by atomic mass is 9.71. The normalized spacial score (nSPS) is 26.7. The SMILES string of the molecule is NC(=O)C1C(F)C2(CCCCC2)C(=O)N1c1cc(F)cc(F)c1. The van der Waals surface area contributed by atoms with Crippen molar-refractivity contribution in [1.29, 1.82) is 0 Å². The monoisotopic (exact) mass is 326 g/mol. The molecule has 4 nitrogen and oxygen atoms in total. The van der Waals surface area contributed by atoms with Crippen LogP contribution in [0, 0.1) is 17.0 Å². The van der Waals surface area contributed by atoms with E-state index in [0.717, 1.165) is 23.5 Å². The lowest BCUT2D eigenvalue weighted by Gasteiger charge is -2.32. The van der Waals surface area contributed by atoms with Crippen molar-refractivity contribution in [3.8, 4) is 0 Å². The van der Waals surface area contributed by atoms with E-state index in [4.69, 9.17) is 5.73 Å². The molecule has 7 heteroatoms. The van der Waals surface area contributed by atoms with Crippen molar-refractivity contribution in [2.45, 2.75) is 44.3 Å². The maximum atomic E-state index is 15.0. The molecule has 1 saturated carbocycles. The fourth-order valence-corrected chi connectivity index (χ4v) is 3.82. The highest BCUT2D eigenvalue weighted by molar-refractivity contribution is 6.08. The Morgan fingerprint density at radius 3 is 2.22 bits per heavy atom. The van der Waals surface area contributed by atoms with Crippen LogP contribution in [0.3, 0.4) is 0 Å². The molecular weight excluding hydrogens is 309 g/mol. The van der Waals surface area contributed by atoms with E-state index in [0.29, 0.717) is 31.7 Å².